The van der Waals surface area contributed by atoms with Crippen molar-refractivity contribution in [2.24, 2.45) is 7.05 Å². The molecule has 7 heteroatoms. The molecule has 3 heterocycles. The van der Waals surface area contributed by atoms with Crippen LogP contribution in [-0.2, 0) is 13.5 Å². The van der Waals surface area contributed by atoms with E-state index < -0.39 is 0 Å². The molecule has 0 radical (unpaired) electrons. The Bertz CT molecular complexity index is 931. The number of hydrogen-bond acceptors (Lipinski definition) is 5. The Morgan fingerprint density at radius 2 is 2.23 bits per heavy atom. The van der Waals surface area contributed by atoms with E-state index in [0.717, 1.165) is 23.5 Å². The molecule has 26 heavy (non-hydrogen) atoms. The van der Waals surface area contributed by atoms with E-state index in [4.69, 9.17) is 0 Å². The number of aromatic nitrogens is 3. The first-order valence-electron chi connectivity index (χ1n) is 8.69. The second kappa shape index (κ2) is 6.92. The summed E-state index contributed by atoms with van der Waals surface area (Å²) in [7, 11) is 1.86. The lowest BCUT2D eigenvalue weighted by Crippen LogP contribution is -2.41. The maximum Gasteiger partial charge on any atom is 0.270 e. The summed E-state index contributed by atoms with van der Waals surface area (Å²) in [6.07, 6.45) is 4.72. The minimum absolute atomic E-state index is 0.129. The van der Waals surface area contributed by atoms with Gasteiger partial charge >= 0.3 is 0 Å². The maximum absolute atomic E-state index is 12.5. The average molecular weight is 367 g/mol. The van der Waals surface area contributed by atoms with E-state index in [9.17, 15) is 4.79 Å². The number of aryl methyl sites for hydroxylation is 1. The third-order valence-corrected chi connectivity index (χ3v) is 5.59. The minimum atomic E-state index is -0.129. The van der Waals surface area contributed by atoms with Crippen molar-refractivity contribution >= 4 is 22.9 Å². The molecule has 1 aliphatic rings. The van der Waals surface area contributed by atoms with Gasteiger partial charge in [0, 0.05) is 49.0 Å². The van der Waals surface area contributed by atoms with Crippen LogP contribution < -0.4 is 10.2 Å². The second-order valence-corrected chi connectivity index (χ2v) is 7.43. The van der Waals surface area contributed by atoms with Crippen LogP contribution in [0.25, 0.3) is 10.6 Å². The number of rotatable bonds is 5. The molecule has 1 N–H and O–H groups in total. The minimum Gasteiger partial charge on any atom is -0.366 e. The van der Waals surface area contributed by atoms with Crippen molar-refractivity contribution in [1.82, 2.24) is 20.1 Å². The van der Waals surface area contributed by atoms with Gasteiger partial charge in [0.2, 0.25) is 0 Å². The van der Waals surface area contributed by atoms with Crippen molar-refractivity contribution in [2.75, 3.05) is 18.0 Å². The molecular weight excluding hydrogens is 346 g/mol. The first-order valence-corrected chi connectivity index (χ1v) is 9.57. The van der Waals surface area contributed by atoms with Gasteiger partial charge in [-0.2, -0.15) is 5.10 Å². The van der Waals surface area contributed by atoms with Crippen molar-refractivity contribution in [3.63, 3.8) is 0 Å². The molecule has 6 nitrogen and oxygen atoms in total. The quantitative estimate of drug-likeness (QED) is 0.753. The Balaban J connectivity index is 1.38. The van der Waals surface area contributed by atoms with Crippen LogP contribution in [0.1, 0.15) is 23.0 Å². The number of amides is 1. The van der Waals surface area contributed by atoms with Gasteiger partial charge in [-0.05, 0) is 25.0 Å². The fraction of sp³-hybridized carbons (Fsp3) is 0.316. The normalized spacial score (nSPS) is 14.3. The molecule has 1 aliphatic heterocycles. The van der Waals surface area contributed by atoms with Gasteiger partial charge in [0.25, 0.3) is 5.91 Å². The molecule has 3 aromatic rings. The molecule has 0 saturated heterocycles. The number of nitrogens with one attached hydrogen (secondary N) is 1. The van der Waals surface area contributed by atoms with Crippen LogP contribution in [0.5, 0.6) is 0 Å². The molecule has 2 aromatic heterocycles. The highest BCUT2D eigenvalue weighted by Gasteiger charge is 2.23. The molecular formula is C19H21N5OS. The number of nitrogens with zero attached hydrogens (tertiary/aromatic N) is 4. The number of para-hydroxylation sites is 1. The zero-order chi connectivity index (χ0) is 18.1. The summed E-state index contributed by atoms with van der Waals surface area (Å²) in [5.41, 5.74) is 4.05. The Morgan fingerprint density at radius 1 is 1.38 bits per heavy atom. The van der Waals surface area contributed by atoms with Gasteiger partial charge in [-0.3, -0.25) is 9.48 Å². The van der Waals surface area contributed by atoms with Crippen molar-refractivity contribution in [3.05, 3.63) is 53.3 Å². The molecule has 0 bridgehead atoms. The largest absolute Gasteiger partial charge is 0.366 e. The summed E-state index contributed by atoms with van der Waals surface area (Å²) in [6.45, 7) is 3.73. The number of anilines is 1. The van der Waals surface area contributed by atoms with Gasteiger partial charge in [0.05, 0.1) is 6.20 Å². The fourth-order valence-electron chi connectivity index (χ4n) is 3.31. The Hall–Kier alpha value is -2.67. The fourth-order valence-corrected chi connectivity index (χ4v) is 4.08. The molecule has 0 fully saturated rings. The molecule has 1 amide bonds. The second-order valence-electron chi connectivity index (χ2n) is 6.57. The predicted molar refractivity (Wildman–Crippen MR) is 104 cm³/mol. The highest BCUT2D eigenvalue weighted by molar-refractivity contribution is 7.13. The van der Waals surface area contributed by atoms with Gasteiger partial charge < -0.3 is 10.2 Å². The van der Waals surface area contributed by atoms with Crippen LogP contribution in [-0.4, -0.2) is 39.8 Å². The van der Waals surface area contributed by atoms with Crippen molar-refractivity contribution in [2.45, 2.75) is 19.4 Å². The molecule has 4 rings (SSSR count). The van der Waals surface area contributed by atoms with Crippen LogP contribution in [0.15, 0.2) is 42.0 Å². The van der Waals surface area contributed by atoms with Crippen molar-refractivity contribution in [3.8, 4) is 10.6 Å². The van der Waals surface area contributed by atoms with Crippen LogP contribution in [0, 0.1) is 0 Å². The number of thiazole rings is 1. The number of benzene rings is 1. The molecule has 0 aliphatic carbocycles. The Kier molecular flexibility index (Phi) is 4.46. The SMILES string of the molecule is CC(CNC(=O)c1csc(-c2cnn(C)c2)n1)N1CCc2ccccc21. The zero-order valence-corrected chi connectivity index (χ0v) is 15.7. The summed E-state index contributed by atoms with van der Waals surface area (Å²) in [5, 5.41) is 9.77. The first kappa shape index (κ1) is 16.8. The van der Waals surface area contributed by atoms with Gasteiger partial charge in [0.1, 0.15) is 10.7 Å². The summed E-state index contributed by atoms with van der Waals surface area (Å²) < 4.78 is 1.73. The van der Waals surface area contributed by atoms with Gasteiger partial charge in [-0.15, -0.1) is 11.3 Å². The van der Waals surface area contributed by atoms with Crippen molar-refractivity contribution in [1.29, 1.82) is 0 Å². The van der Waals surface area contributed by atoms with Crippen LogP contribution in [0.4, 0.5) is 5.69 Å². The molecule has 0 saturated carbocycles. The number of fused-ring (bicyclic) bond motifs is 1. The average Bonchev–Trinajstić information content (AvgIpc) is 3.37. The number of carbonyl (C=O) groups is 1. The lowest BCUT2D eigenvalue weighted by atomic mass is 10.2. The van der Waals surface area contributed by atoms with E-state index >= 15 is 0 Å². The molecule has 1 atom stereocenters. The Morgan fingerprint density at radius 3 is 3.04 bits per heavy atom. The standard InChI is InChI=1S/C19H21N5OS/c1-13(24-8-7-14-5-3-4-6-17(14)24)9-20-18(25)16-12-26-19(22-16)15-10-21-23(2)11-15/h3-6,10-13H,7-9H2,1-2H3,(H,20,25). The lowest BCUT2D eigenvalue weighted by molar-refractivity contribution is 0.0947. The van der Waals surface area contributed by atoms with E-state index in [1.165, 1.54) is 22.6 Å². The molecule has 1 unspecified atom stereocenters. The summed E-state index contributed by atoms with van der Waals surface area (Å²) in [6, 6.07) is 8.71. The lowest BCUT2D eigenvalue weighted by Gasteiger charge is -2.27. The number of carbonyl (C=O) groups excluding carboxylic acids is 1. The molecule has 134 valence electrons. The summed E-state index contributed by atoms with van der Waals surface area (Å²) >= 11 is 1.46. The van der Waals surface area contributed by atoms with E-state index in [0.29, 0.717) is 12.2 Å². The first-order chi connectivity index (χ1) is 12.6. The highest BCUT2D eigenvalue weighted by atomic mass is 32.1. The van der Waals surface area contributed by atoms with E-state index in [2.05, 4.69) is 51.5 Å². The van der Waals surface area contributed by atoms with Crippen LogP contribution in [0.2, 0.25) is 0 Å². The smallest absolute Gasteiger partial charge is 0.270 e. The molecule has 1 aromatic carbocycles. The number of hydrogen-bond donors (Lipinski definition) is 1. The van der Waals surface area contributed by atoms with Gasteiger partial charge in [-0.25, -0.2) is 4.98 Å². The summed E-state index contributed by atoms with van der Waals surface area (Å²) in [4.78, 5) is 19.3. The van der Waals surface area contributed by atoms with Gasteiger partial charge in [0.15, 0.2) is 0 Å². The highest BCUT2D eigenvalue weighted by Crippen LogP contribution is 2.29. The van der Waals surface area contributed by atoms with E-state index in [-0.39, 0.29) is 11.9 Å². The van der Waals surface area contributed by atoms with Crippen molar-refractivity contribution < 1.29 is 4.79 Å². The van der Waals surface area contributed by atoms with E-state index in [1.54, 1.807) is 16.3 Å². The monoisotopic (exact) mass is 367 g/mol. The topological polar surface area (TPSA) is 63.1 Å². The maximum atomic E-state index is 12.5. The zero-order valence-electron chi connectivity index (χ0n) is 14.8. The third-order valence-electron chi connectivity index (χ3n) is 4.70. The van der Waals surface area contributed by atoms with E-state index in [1.807, 2.05) is 13.2 Å². The van der Waals surface area contributed by atoms with Crippen LogP contribution >= 0.6 is 11.3 Å². The molecule has 0 spiro atoms. The van der Waals surface area contributed by atoms with Gasteiger partial charge in [-0.1, -0.05) is 18.2 Å². The van der Waals surface area contributed by atoms with Crippen LogP contribution in [0.3, 0.4) is 0 Å². The Labute approximate surface area is 156 Å². The predicted octanol–water partition coefficient (Wildman–Crippen LogP) is 2.72. The summed E-state index contributed by atoms with van der Waals surface area (Å²) in [5.74, 6) is -0.129. The third kappa shape index (κ3) is 3.22.